The Balaban J connectivity index is 1.76. The molecule has 0 radical (unpaired) electrons. The highest BCUT2D eigenvalue weighted by atomic mass is 16.4. The Bertz CT molecular complexity index is 1210. The van der Waals surface area contributed by atoms with E-state index in [1.807, 2.05) is 30.8 Å². The van der Waals surface area contributed by atoms with Gasteiger partial charge in [0.05, 0.1) is 28.5 Å². The fourth-order valence-corrected chi connectivity index (χ4v) is 4.18. The molecular formula is C21H24N8O2. The molecule has 10 heteroatoms. The number of nitriles is 1. The van der Waals surface area contributed by atoms with Crippen LogP contribution in [0.25, 0.3) is 11.0 Å². The van der Waals surface area contributed by atoms with Gasteiger partial charge in [-0.15, -0.1) is 0 Å². The van der Waals surface area contributed by atoms with Crippen molar-refractivity contribution in [1.29, 1.82) is 5.26 Å². The molecule has 4 N–H and O–H groups in total. The van der Waals surface area contributed by atoms with Gasteiger partial charge < -0.3 is 25.6 Å². The van der Waals surface area contributed by atoms with Crippen molar-refractivity contribution < 1.29 is 9.90 Å². The summed E-state index contributed by atoms with van der Waals surface area (Å²) in [5.74, 6) is 0.486. The van der Waals surface area contributed by atoms with E-state index in [0.717, 1.165) is 28.7 Å². The fourth-order valence-electron chi connectivity index (χ4n) is 4.18. The highest BCUT2D eigenvalue weighted by molar-refractivity contribution is 5.77. The second-order valence-corrected chi connectivity index (χ2v) is 7.88. The van der Waals surface area contributed by atoms with Crippen molar-refractivity contribution in [1.82, 2.24) is 24.4 Å². The zero-order valence-corrected chi connectivity index (χ0v) is 17.6. The van der Waals surface area contributed by atoms with E-state index >= 15 is 0 Å². The van der Waals surface area contributed by atoms with Crippen LogP contribution >= 0.6 is 0 Å². The average molecular weight is 420 g/mol. The van der Waals surface area contributed by atoms with E-state index in [-0.39, 0.29) is 17.9 Å². The third-order valence-corrected chi connectivity index (χ3v) is 5.81. The lowest BCUT2D eigenvalue weighted by atomic mass is 9.93. The van der Waals surface area contributed by atoms with Crippen molar-refractivity contribution in [2.75, 3.05) is 24.1 Å². The number of nitrogens with two attached hydrogens (primary N) is 1. The molecule has 0 bridgehead atoms. The predicted molar refractivity (Wildman–Crippen MR) is 116 cm³/mol. The second kappa shape index (κ2) is 7.75. The van der Waals surface area contributed by atoms with E-state index in [1.165, 1.54) is 4.90 Å². The summed E-state index contributed by atoms with van der Waals surface area (Å²) in [6, 6.07) is 5.88. The Labute approximate surface area is 179 Å². The Morgan fingerprint density at radius 1 is 1.42 bits per heavy atom. The number of aryl methyl sites for hydroxylation is 2. The summed E-state index contributed by atoms with van der Waals surface area (Å²) in [5, 5.41) is 22.2. The maximum atomic E-state index is 11.4. The van der Waals surface area contributed by atoms with E-state index in [0.29, 0.717) is 30.2 Å². The zero-order chi connectivity index (χ0) is 22.3. The number of hydrogen-bond acceptors (Lipinski definition) is 7. The van der Waals surface area contributed by atoms with Crippen molar-refractivity contribution in [3.05, 3.63) is 40.8 Å². The molecule has 0 unspecified atom stereocenters. The molecule has 31 heavy (non-hydrogen) atoms. The molecule has 0 saturated carbocycles. The topological polar surface area (TPSA) is 146 Å². The molecule has 1 fully saturated rings. The molecule has 1 saturated heterocycles. The molecule has 2 atom stereocenters. The number of rotatable bonds is 4. The molecule has 4 rings (SSSR count). The Morgan fingerprint density at radius 2 is 2.19 bits per heavy atom. The average Bonchev–Trinajstić information content (AvgIpc) is 3.34. The van der Waals surface area contributed by atoms with Gasteiger partial charge >= 0.3 is 6.09 Å². The number of carbonyl (C=O) groups is 1. The first kappa shape index (κ1) is 20.4. The van der Waals surface area contributed by atoms with Gasteiger partial charge in [-0.05, 0) is 38.0 Å². The van der Waals surface area contributed by atoms with Crippen LogP contribution in [0.3, 0.4) is 0 Å². The minimum atomic E-state index is -0.909. The summed E-state index contributed by atoms with van der Waals surface area (Å²) >= 11 is 0. The lowest BCUT2D eigenvalue weighted by Crippen LogP contribution is -2.26. The Morgan fingerprint density at radius 3 is 2.87 bits per heavy atom. The number of aromatic nitrogens is 4. The highest BCUT2D eigenvalue weighted by Crippen LogP contribution is 2.35. The normalized spacial score (nSPS) is 17.0. The van der Waals surface area contributed by atoms with Crippen molar-refractivity contribution in [2.24, 2.45) is 7.05 Å². The van der Waals surface area contributed by atoms with Crippen LogP contribution in [-0.2, 0) is 7.05 Å². The van der Waals surface area contributed by atoms with E-state index in [9.17, 15) is 15.2 Å². The number of nitrogens with zero attached hydrogens (tertiary/aromatic N) is 6. The van der Waals surface area contributed by atoms with Crippen LogP contribution in [0, 0.1) is 18.3 Å². The Kier molecular flexibility index (Phi) is 5.10. The minimum absolute atomic E-state index is 0.0368. The third-order valence-electron chi connectivity index (χ3n) is 5.81. The quantitative estimate of drug-likeness (QED) is 0.584. The number of anilines is 2. The second-order valence-electron chi connectivity index (χ2n) is 7.88. The van der Waals surface area contributed by atoms with Gasteiger partial charge in [0.25, 0.3) is 0 Å². The van der Waals surface area contributed by atoms with Crippen LogP contribution in [0.1, 0.15) is 47.8 Å². The summed E-state index contributed by atoms with van der Waals surface area (Å²) < 4.78 is 2.00. The number of likely N-dealkylation sites (tertiary alicyclic amines) is 1. The third kappa shape index (κ3) is 3.70. The number of amides is 1. The summed E-state index contributed by atoms with van der Waals surface area (Å²) in [6.45, 7) is 4.58. The van der Waals surface area contributed by atoms with Crippen molar-refractivity contribution in [2.45, 2.75) is 32.2 Å². The van der Waals surface area contributed by atoms with Gasteiger partial charge in [-0.25, -0.2) is 14.8 Å². The predicted octanol–water partition coefficient (Wildman–Crippen LogP) is 2.77. The van der Waals surface area contributed by atoms with E-state index in [1.54, 1.807) is 6.92 Å². The number of hydrogen-bond donors (Lipinski definition) is 3. The molecule has 3 aromatic heterocycles. The first-order valence-electron chi connectivity index (χ1n) is 10.0. The van der Waals surface area contributed by atoms with Crippen LogP contribution in [0.2, 0.25) is 0 Å². The molecule has 160 valence electrons. The molecular weight excluding hydrogens is 396 g/mol. The SMILES string of the molecule is Cc1nc(N)nc(N[C@@H](C)c2nc3ccn(C)c3cc2[C@H]2CCN(C(=O)O)C2)c1C#N. The van der Waals surface area contributed by atoms with Crippen LogP contribution in [0.5, 0.6) is 0 Å². The minimum Gasteiger partial charge on any atom is -0.465 e. The van der Waals surface area contributed by atoms with Crippen molar-refractivity contribution >= 4 is 28.9 Å². The lowest BCUT2D eigenvalue weighted by molar-refractivity contribution is 0.155. The van der Waals surface area contributed by atoms with Crippen LogP contribution in [0.15, 0.2) is 18.3 Å². The Hall–Kier alpha value is -3.87. The maximum Gasteiger partial charge on any atom is 0.407 e. The van der Waals surface area contributed by atoms with E-state index in [4.69, 9.17) is 10.7 Å². The summed E-state index contributed by atoms with van der Waals surface area (Å²) in [7, 11) is 1.96. The molecule has 1 aliphatic rings. The summed E-state index contributed by atoms with van der Waals surface area (Å²) in [4.78, 5) is 26.0. The molecule has 1 aliphatic heterocycles. The van der Waals surface area contributed by atoms with Crippen molar-refractivity contribution in [3.63, 3.8) is 0 Å². The first-order chi connectivity index (χ1) is 14.8. The van der Waals surface area contributed by atoms with Gasteiger partial charge in [-0.1, -0.05) is 0 Å². The molecule has 1 amide bonds. The van der Waals surface area contributed by atoms with Gasteiger partial charge in [-0.3, -0.25) is 0 Å². The number of carboxylic acid groups (broad SMARTS) is 1. The molecule has 0 aromatic carbocycles. The number of nitrogen functional groups attached to an aromatic ring is 1. The lowest BCUT2D eigenvalue weighted by Gasteiger charge is -2.22. The summed E-state index contributed by atoms with van der Waals surface area (Å²) in [6.07, 6.45) is 1.77. The van der Waals surface area contributed by atoms with Gasteiger partial charge in [0.1, 0.15) is 17.5 Å². The molecule has 0 aliphatic carbocycles. The largest absolute Gasteiger partial charge is 0.465 e. The van der Waals surface area contributed by atoms with Crippen LogP contribution in [-0.4, -0.2) is 48.7 Å². The van der Waals surface area contributed by atoms with Crippen LogP contribution in [0.4, 0.5) is 16.6 Å². The molecule has 10 nitrogen and oxygen atoms in total. The number of pyridine rings is 1. The standard InChI is InChI=1S/C21H24N8O2/c1-11-15(9-22)19(27-20(23)25-11)24-12(2)18-14(13-4-7-29(10-13)21(30)31)8-17-16(26-18)5-6-28(17)3/h5-6,8,12-13H,4,7,10H2,1-3H3,(H,30,31)(H3,23,24,25,27)/t12-,13-/m0/s1. The van der Waals surface area contributed by atoms with Gasteiger partial charge in [0, 0.05) is 32.3 Å². The first-order valence-corrected chi connectivity index (χ1v) is 10.0. The van der Waals surface area contributed by atoms with E-state index < -0.39 is 6.09 Å². The monoisotopic (exact) mass is 420 g/mol. The smallest absolute Gasteiger partial charge is 0.407 e. The van der Waals surface area contributed by atoms with Crippen molar-refractivity contribution in [3.8, 4) is 6.07 Å². The van der Waals surface area contributed by atoms with Gasteiger partial charge in [0.15, 0.2) is 0 Å². The van der Waals surface area contributed by atoms with E-state index in [2.05, 4.69) is 27.4 Å². The zero-order valence-electron chi connectivity index (χ0n) is 17.6. The fraction of sp³-hybridized carbons (Fsp3) is 0.381. The molecule has 4 heterocycles. The van der Waals surface area contributed by atoms with Crippen LogP contribution < -0.4 is 11.1 Å². The number of fused-ring (bicyclic) bond motifs is 1. The number of nitrogens with one attached hydrogen (secondary N) is 1. The maximum absolute atomic E-state index is 11.4. The summed E-state index contributed by atoms with van der Waals surface area (Å²) in [5.41, 5.74) is 10.3. The van der Waals surface area contributed by atoms with Gasteiger partial charge in [0.2, 0.25) is 5.95 Å². The molecule has 3 aromatic rings. The van der Waals surface area contributed by atoms with Gasteiger partial charge in [-0.2, -0.15) is 10.2 Å². The molecule has 0 spiro atoms. The highest BCUT2D eigenvalue weighted by Gasteiger charge is 2.31.